The van der Waals surface area contributed by atoms with E-state index < -0.39 is 0 Å². The van der Waals surface area contributed by atoms with Crippen molar-refractivity contribution in [3.63, 3.8) is 0 Å². The minimum absolute atomic E-state index is 0.00454. The first kappa shape index (κ1) is 16.1. The van der Waals surface area contributed by atoms with E-state index in [1.54, 1.807) is 6.07 Å². The Bertz CT molecular complexity index is 594. The van der Waals surface area contributed by atoms with Gasteiger partial charge in [0.05, 0.1) is 5.56 Å². The lowest BCUT2D eigenvalue weighted by atomic mass is 9.79. The fourth-order valence-corrected chi connectivity index (χ4v) is 3.94. The van der Waals surface area contributed by atoms with Gasteiger partial charge in [0, 0.05) is 17.1 Å². The molecule has 0 bridgehead atoms. The Balaban J connectivity index is 1.77. The van der Waals surface area contributed by atoms with E-state index in [4.69, 9.17) is 9.47 Å². The lowest BCUT2D eigenvalue weighted by Gasteiger charge is -2.46. The van der Waals surface area contributed by atoms with E-state index in [0.29, 0.717) is 30.3 Å². The number of piperidine rings is 1. The van der Waals surface area contributed by atoms with E-state index in [0.717, 1.165) is 12.8 Å². The molecule has 0 saturated carbocycles. The summed E-state index contributed by atoms with van der Waals surface area (Å²) < 4.78 is 11.2. The fraction of sp³-hybridized carbons (Fsp3) is 0.611. The van der Waals surface area contributed by atoms with Gasteiger partial charge < -0.3 is 20.1 Å². The summed E-state index contributed by atoms with van der Waals surface area (Å²) in [7, 11) is 0. The first-order valence-electron chi connectivity index (χ1n) is 8.25. The van der Waals surface area contributed by atoms with Crippen LogP contribution in [0.4, 0.5) is 0 Å². The molecule has 2 N–H and O–H groups in total. The van der Waals surface area contributed by atoms with Gasteiger partial charge in [0.2, 0.25) is 0 Å². The average Bonchev–Trinajstić information content (AvgIpc) is 2.43. The summed E-state index contributed by atoms with van der Waals surface area (Å²) in [4.78, 5) is 12.7. The van der Waals surface area contributed by atoms with Crippen LogP contribution in [0, 0.1) is 0 Å². The number of rotatable bonds is 2. The molecule has 1 fully saturated rings. The van der Waals surface area contributed by atoms with E-state index in [9.17, 15) is 4.79 Å². The van der Waals surface area contributed by atoms with Gasteiger partial charge in [-0.15, -0.1) is 0 Å². The van der Waals surface area contributed by atoms with Crippen LogP contribution in [0.1, 0.15) is 50.9 Å². The van der Waals surface area contributed by atoms with Crippen LogP contribution in [-0.4, -0.2) is 36.2 Å². The number of ether oxygens (including phenoxy) is 2. The lowest BCUT2D eigenvalue weighted by molar-refractivity contribution is 0.0863. The second-order valence-corrected chi connectivity index (χ2v) is 7.80. The minimum Gasteiger partial charge on any atom is -0.486 e. The summed E-state index contributed by atoms with van der Waals surface area (Å²) in [5.41, 5.74) is 0.543. The SMILES string of the molecule is CC1(C)CC(NC(=O)c2cccc3c2OCCO3)CC(C)(C)N1. The normalized spacial score (nSPS) is 22.4. The molecule has 0 spiro atoms. The Labute approximate surface area is 137 Å². The molecule has 0 aromatic heterocycles. The number of para-hydroxylation sites is 1. The highest BCUT2D eigenvalue weighted by Crippen LogP contribution is 2.34. The van der Waals surface area contributed by atoms with Crippen molar-refractivity contribution < 1.29 is 14.3 Å². The van der Waals surface area contributed by atoms with Crippen LogP contribution in [0.2, 0.25) is 0 Å². The molecule has 0 atom stereocenters. The Kier molecular flexibility index (Phi) is 4.00. The molecule has 1 aromatic carbocycles. The third kappa shape index (κ3) is 3.61. The van der Waals surface area contributed by atoms with E-state index >= 15 is 0 Å². The number of hydrogen-bond acceptors (Lipinski definition) is 4. The summed E-state index contributed by atoms with van der Waals surface area (Å²) in [6.45, 7) is 9.70. The van der Waals surface area contributed by atoms with Crippen LogP contribution < -0.4 is 20.1 Å². The first-order valence-corrected chi connectivity index (χ1v) is 8.25. The molecule has 0 aliphatic carbocycles. The maximum Gasteiger partial charge on any atom is 0.255 e. The van der Waals surface area contributed by atoms with Gasteiger partial charge in [0.25, 0.3) is 5.91 Å². The molecule has 2 aliphatic rings. The van der Waals surface area contributed by atoms with E-state index in [-0.39, 0.29) is 23.0 Å². The maximum absolute atomic E-state index is 12.7. The molecular formula is C18H26N2O3. The summed E-state index contributed by atoms with van der Waals surface area (Å²) in [6, 6.07) is 5.59. The molecule has 126 valence electrons. The highest BCUT2D eigenvalue weighted by Gasteiger charge is 2.38. The number of amides is 1. The smallest absolute Gasteiger partial charge is 0.255 e. The van der Waals surface area contributed by atoms with Crippen LogP contribution in [0.15, 0.2) is 18.2 Å². The highest BCUT2D eigenvalue weighted by atomic mass is 16.6. The number of nitrogens with one attached hydrogen (secondary N) is 2. The van der Waals surface area contributed by atoms with Crippen LogP contribution in [0.3, 0.4) is 0 Å². The molecule has 2 aliphatic heterocycles. The molecule has 5 heteroatoms. The van der Waals surface area contributed by atoms with Crippen molar-refractivity contribution >= 4 is 5.91 Å². The second-order valence-electron chi connectivity index (χ2n) is 7.80. The third-order valence-electron chi connectivity index (χ3n) is 4.34. The molecule has 1 amide bonds. The zero-order valence-electron chi connectivity index (χ0n) is 14.4. The number of hydrogen-bond donors (Lipinski definition) is 2. The molecule has 1 saturated heterocycles. The molecule has 3 rings (SSSR count). The molecule has 1 aromatic rings. The molecule has 2 heterocycles. The standard InChI is InChI=1S/C18H26N2O3/c1-17(2)10-12(11-18(3,4)20-17)19-16(21)13-6-5-7-14-15(13)23-9-8-22-14/h5-7,12,20H,8-11H2,1-4H3,(H,19,21). The summed E-state index contributed by atoms with van der Waals surface area (Å²) in [6.07, 6.45) is 1.79. The van der Waals surface area contributed by atoms with Crippen molar-refractivity contribution in [2.24, 2.45) is 0 Å². The topological polar surface area (TPSA) is 59.6 Å². The maximum atomic E-state index is 12.7. The molecule has 0 radical (unpaired) electrons. The Morgan fingerprint density at radius 2 is 1.78 bits per heavy atom. The molecule has 5 nitrogen and oxygen atoms in total. The number of carbonyl (C=O) groups excluding carboxylic acids is 1. The van der Waals surface area contributed by atoms with Crippen molar-refractivity contribution in [1.82, 2.24) is 10.6 Å². The van der Waals surface area contributed by atoms with Crippen LogP contribution in [0.5, 0.6) is 11.5 Å². The van der Waals surface area contributed by atoms with Crippen molar-refractivity contribution in [1.29, 1.82) is 0 Å². The van der Waals surface area contributed by atoms with Crippen molar-refractivity contribution in [2.45, 2.75) is 57.7 Å². The average molecular weight is 318 g/mol. The largest absolute Gasteiger partial charge is 0.486 e. The van der Waals surface area contributed by atoms with Crippen molar-refractivity contribution in [3.8, 4) is 11.5 Å². The van der Waals surface area contributed by atoms with Gasteiger partial charge in [-0.3, -0.25) is 4.79 Å². The van der Waals surface area contributed by atoms with Gasteiger partial charge in [0.15, 0.2) is 11.5 Å². The molecule has 0 unspecified atom stereocenters. The van der Waals surface area contributed by atoms with Gasteiger partial charge in [-0.25, -0.2) is 0 Å². The number of benzene rings is 1. The highest BCUT2D eigenvalue weighted by molar-refractivity contribution is 5.98. The predicted octanol–water partition coefficient (Wildman–Crippen LogP) is 2.50. The van der Waals surface area contributed by atoms with Crippen LogP contribution >= 0.6 is 0 Å². The fourth-order valence-electron chi connectivity index (χ4n) is 3.94. The molecular weight excluding hydrogens is 292 g/mol. The van der Waals surface area contributed by atoms with Crippen LogP contribution in [0.25, 0.3) is 0 Å². The number of carbonyl (C=O) groups is 1. The van der Waals surface area contributed by atoms with Gasteiger partial charge >= 0.3 is 0 Å². The van der Waals surface area contributed by atoms with E-state index in [2.05, 4.69) is 38.3 Å². The van der Waals surface area contributed by atoms with Gasteiger partial charge in [0.1, 0.15) is 13.2 Å². The van der Waals surface area contributed by atoms with E-state index in [1.165, 1.54) is 0 Å². The van der Waals surface area contributed by atoms with Gasteiger partial charge in [-0.1, -0.05) is 6.07 Å². The summed E-state index contributed by atoms with van der Waals surface area (Å²) >= 11 is 0. The first-order chi connectivity index (χ1) is 10.8. The van der Waals surface area contributed by atoms with E-state index in [1.807, 2.05) is 12.1 Å². The zero-order chi connectivity index (χ0) is 16.7. The minimum atomic E-state index is -0.0918. The van der Waals surface area contributed by atoms with Crippen LogP contribution in [-0.2, 0) is 0 Å². The monoisotopic (exact) mass is 318 g/mol. The van der Waals surface area contributed by atoms with Gasteiger partial charge in [-0.2, -0.15) is 0 Å². The summed E-state index contributed by atoms with van der Waals surface area (Å²) in [5.74, 6) is 1.12. The Morgan fingerprint density at radius 3 is 2.48 bits per heavy atom. The predicted molar refractivity (Wildman–Crippen MR) is 89.2 cm³/mol. The zero-order valence-corrected chi connectivity index (χ0v) is 14.4. The molecule has 23 heavy (non-hydrogen) atoms. The Hall–Kier alpha value is -1.75. The second kappa shape index (κ2) is 5.71. The Morgan fingerprint density at radius 1 is 1.13 bits per heavy atom. The lowest BCUT2D eigenvalue weighted by Crippen LogP contribution is -2.62. The van der Waals surface area contributed by atoms with Gasteiger partial charge in [-0.05, 0) is 52.7 Å². The van der Waals surface area contributed by atoms with Crippen molar-refractivity contribution in [3.05, 3.63) is 23.8 Å². The van der Waals surface area contributed by atoms with Crippen molar-refractivity contribution in [2.75, 3.05) is 13.2 Å². The summed E-state index contributed by atoms with van der Waals surface area (Å²) in [5, 5.41) is 6.81. The third-order valence-corrected chi connectivity index (χ3v) is 4.34. The number of fused-ring (bicyclic) bond motifs is 1. The quantitative estimate of drug-likeness (QED) is 0.879.